The smallest absolute Gasteiger partial charge is 0.747 e. The van der Waals surface area contributed by atoms with E-state index >= 15 is 0 Å². The first-order valence-electron chi connectivity index (χ1n) is 8.27. The van der Waals surface area contributed by atoms with Gasteiger partial charge in [0, 0.05) is 6.61 Å². The van der Waals surface area contributed by atoms with Crippen LogP contribution in [0.25, 0.3) is 0 Å². The molecular weight excluding hydrogens is 706 g/mol. The van der Waals surface area contributed by atoms with Crippen LogP contribution in [-0.4, -0.2) is 33.6 Å². The first kappa shape index (κ1) is 31.6. The molecule has 0 saturated heterocycles. The maximum atomic E-state index is 12.2. The van der Waals surface area contributed by atoms with E-state index in [9.17, 15) is 17.8 Å². The Hall–Kier alpha value is 0.620. The van der Waals surface area contributed by atoms with Gasteiger partial charge in [0.2, 0.25) is 0 Å². The standard InChI is InChI=1S/C17H17Cl2NO3.CH2I2O3S.Na/c1-3-22-10-23-17(21)12-6-4-5-7-14(12)20-16-13(18)9-8-11(2)15(16)19;2-1(3)7(4,5)6;/h4-9,20H,3,10H2,1-2H3;1H,(H,4,5,6);/q;;+1/p-1. The Balaban J connectivity index is 0.000000975. The number of benzene rings is 2. The number of carbonyl (C=O) groups is 1. The molecule has 0 bridgehead atoms. The van der Waals surface area contributed by atoms with Gasteiger partial charge in [0.15, 0.2) is 8.06 Å². The van der Waals surface area contributed by atoms with E-state index < -0.39 is 17.4 Å². The second-order valence-electron chi connectivity index (χ2n) is 5.52. The van der Waals surface area contributed by atoms with Crippen LogP contribution in [-0.2, 0) is 19.6 Å². The van der Waals surface area contributed by atoms with Crippen molar-refractivity contribution in [3.8, 4) is 0 Å². The number of hydrogen-bond acceptors (Lipinski definition) is 7. The molecule has 166 valence electrons. The van der Waals surface area contributed by atoms with Crippen molar-refractivity contribution in [3.63, 3.8) is 0 Å². The van der Waals surface area contributed by atoms with E-state index in [0.29, 0.717) is 33.6 Å². The van der Waals surface area contributed by atoms with Gasteiger partial charge in [0.1, 0.15) is 10.1 Å². The molecule has 13 heteroatoms. The van der Waals surface area contributed by atoms with E-state index in [0.717, 1.165) is 5.56 Å². The normalized spacial score (nSPS) is 10.6. The predicted molar refractivity (Wildman–Crippen MR) is 134 cm³/mol. The molecule has 0 saturated carbocycles. The van der Waals surface area contributed by atoms with Gasteiger partial charge in [-0.2, -0.15) is 0 Å². The summed E-state index contributed by atoms with van der Waals surface area (Å²) in [6, 6.07) is 10.6. The molecular formula is C18H18Cl2I2NNaO6S. The number of anilines is 2. The van der Waals surface area contributed by atoms with Gasteiger partial charge >= 0.3 is 35.5 Å². The maximum absolute atomic E-state index is 12.2. The third kappa shape index (κ3) is 11.1. The number of alkyl halides is 2. The fraction of sp³-hybridized carbons (Fsp3) is 0.278. The van der Waals surface area contributed by atoms with Crippen molar-refractivity contribution in [3.05, 3.63) is 57.6 Å². The average Bonchev–Trinajstić information content (AvgIpc) is 2.68. The zero-order chi connectivity index (χ0) is 22.9. The SMILES string of the molecule is CCOCOC(=O)c1ccccc1Nc1c(Cl)ccc(C)c1Cl.O=S(=O)([O-])C(I)I.[Na+]. The summed E-state index contributed by atoms with van der Waals surface area (Å²) < 4.78 is 38.5. The molecule has 1 N–H and O–H groups in total. The largest absolute Gasteiger partial charge is 1.00 e. The van der Waals surface area contributed by atoms with Gasteiger partial charge in [-0.15, -0.1) is 0 Å². The molecule has 0 aliphatic carbocycles. The molecule has 0 atom stereocenters. The Kier molecular flexibility index (Phi) is 15.8. The number of ether oxygens (including phenoxy) is 2. The van der Waals surface area contributed by atoms with Crippen molar-refractivity contribution < 1.29 is 56.8 Å². The van der Waals surface area contributed by atoms with Crippen molar-refractivity contribution >= 4 is 95.8 Å². The van der Waals surface area contributed by atoms with Crippen LogP contribution >= 0.6 is 68.4 Å². The van der Waals surface area contributed by atoms with Crippen molar-refractivity contribution in [1.29, 1.82) is 0 Å². The summed E-state index contributed by atoms with van der Waals surface area (Å²) in [7, 11) is -4.02. The van der Waals surface area contributed by atoms with Crippen molar-refractivity contribution in [2.24, 2.45) is 0 Å². The van der Waals surface area contributed by atoms with Crippen molar-refractivity contribution in [2.45, 2.75) is 15.1 Å². The summed E-state index contributed by atoms with van der Waals surface area (Å²) in [6.07, 6.45) is 0. The molecule has 0 unspecified atom stereocenters. The fourth-order valence-electron chi connectivity index (χ4n) is 1.93. The summed E-state index contributed by atoms with van der Waals surface area (Å²) in [5, 5.41) is 4.10. The maximum Gasteiger partial charge on any atom is 1.00 e. The molecule has 2 aromatic rings. The monoisotopic (exact) mass is 723 g/mol. The zero-order valence-electron chi connectivity index (χ0n) is 16.8. The zero-order valence-corrected chi connectivity index (χ0v) is 25.5. The van der Waals surface area contributed by atoms with E-state index in [1.807, 2.05) is 19.9 Å². The summed E-state index contributed by atoms with van der Waals surface area (Å²) >= 11 is 15.6. The minimum absolute atomic E-state index is 0. The molecule has 0 aromatic heterocycles. The summed E-state index contributed by atoms with van der Waals surface area (Å²) in [5.74, 6) is -0.485. The van der Waals surface area contributed by atoms with E-state index in [4.69, 9.17) is 32.7 Å². The van der Waals surface area contributed by atoms with Gasteiger partial charge in [0.25, 0.3) is 0 Å². The van der Waals surface area contributed by atoms with E-state index in [-0.39, 0.29) is 36.4 Å². The van der Waals surface area contributed by atoms with Gasteiger partial charge in [-0.25, -0.2) is 13.2 Å². The summed E-state index contributed by atoms with van der Waals surface area (Å²) in [4.78, 5) is 12.2. The Morgan fingerprint density at radius 1 is 1.19 bits per heavy atom. The molecule has 0 radical (unpaired) electrons. The molecule has 0 heterocycles. The molecule has 0 fully saturated rings. The quantitative estimate of drug-likeness (QED) is 0.0892. The molecule has 0 spiro atoms. The molecule has 31 heavy (non-hydrogen) atoms. The third-order valence-corrected chi connectivity index (χ3v) is 8.36. The number of rotatable bonds is 7. The van der Waals surface area contributed by atoms with Gasteiger partial charge in [-0.05, 0) is 37.6 Å². The van der Waals surface area contributed by atoms with Crippen LogP contribution in [0.3, 0.4) is 0 Å². The number of nitrogens with one attached hydrogen (secondary N) is 1. The minimum Gasteiger partial charge on any atom is -0.747 e. The number of esters is 1. The second kappa shape index (κ2) is 15.5. The number of carbonyl (C=O) groups excluding carboxylic acids is 1. The Morgan fingerprint density at radius 3 is 2.32 bits per heavy atom. The Labute approximate surface area is 241 Å². The van der Waals surface area contributed by atoms with E-state index in [2.05, 4.69) is 5.32 Å². The average molecular weight is 724 g/mol. The van der Waals surface area contributed by atoms with Gasteiger partial charge in [-0.1, -0.05) is 86.6 Å². The van der Waals surface area contributed by atoms with Crippen LogP contribution in [0.1, 0.15) is 22.8 Å². The number of aryl methyl sites for hydroxylation is 1. The summed E-state index contributed by atoms with van der Waals surface area (Å²) in [6.45, 7) is 4.09. The van der Waals surface area contributed by atoms with Gasteiger partial charge < -0.3 is 19.3 Å². The van der Waals surface area contributed by atoms with Gasteiger partial charge in [-0.3, -0.25) is 0 Å². The number of hydrogen-bond donors (Lipinski definition) is 1. The Bertz CT molecular complexity index is 980. The molecule has 0 aliphatic heterocycles. The molecule has 2 aromatic carbocycles. The molecule has 7 nitrogen and oxygen atoms in total. The second-order valence-corrected chi connectivity index (χ2v) is 14.3. The van der Waals surface area contributed by atoms with E-state index in [1.54, 1.807) is 30.3 Å². The van der Waals surface area contributed by atoms with Crippen LogP contribution in [0.5, 0.6) is 0 Å². The van der Waals surface area contributed by atoms with Gasteiger partial charge in [0.05, 0.1) is 27.0 Å². The number of para-hydroxylation sites is 1. The third-order valence-electron chi connectivity index (χ3n) is 3.39. The van der Waals surface area contributed by atoms with Crippen LogP contribution in [0.15, 0.2) is 36.4 Å². The fourth-order valence-corrected chi connectivity index (χ4v) is 2.40. The van der Waals surface area contributed by atoms with Crippen LogP contribution < -0.4 is 34.9 Å². The van der Waals surface area contributed by atoms with Crippen LogP contribution in [0, 0.1) is 6.92 Å². The number of halogens is 4. The molecule has 0 amide bonds. The molecule has 2 rings (SSSR count). The predicted octanol–water partition coefficient (Wildman–Crippen LogP) is 2.89. The van der Waals surface area contributed by atoms with Crippen LogP contribution in [0.4, 0.5) is 11.4 Å². The summed E-state index contributed by atoms with van der Waals surface area (Å²) in [5.41, 5.74) is 2.37. The van der Waals surface area contributed by atoms with Crippen molar-refractivity contribution in [1.82, 2.24) is 0 Å². The van der Waals surface area contributed by atoms with Crippen molar-refractivity contribution in [2.75, 3.05) is 18.7 Å². The topological polar surface area (TPSA) is 105 Å². The first-order valence-corrected chi connectivity index (χ1v) is 13.0. The Morgan fingerprint density at radius 2 is 1.77 bits per heavy atom. The molecule has 0 aliphatic rings. The minimum atomic E-state index is -4.02. The first-order chi connectivity index (χ1) is 14.0. The van der Waals surface area contributed by atoms with Crippen LogP contribution in [0.2, 0.25) is 10.0 Å². The van der Waals surface area contributed by atoms with E-state index in [1.165, 1.54) is 45.2 Å².